The summed E-state index contributed by atoms with van der Waals surface area (Å²) in [5.41, 5.74) is 1.30. The minimum atomic E-state index is -0.145. The van der Waals surface area contributed by atoms with Crippen LogP contribution in [0.15, 0.2) is 48.5 Å². The average Bonchev–Trinajstić information content (AvgIpc) is 2.69. The Hall–Kier alpha value is -2.40. The maximum atomic E-state index is 13.9. The van der Waals surface area contributed by atoms with Gasteiger partial charge < -0.3 is 9.64 Å². The fraction of sp³-hybridized carbons (Fsp3) is 0.381. The van der Waals surface area contributed by atoms with Gasteiger partial charge in [-0.3, -0.25) is 9.69 Å². The number of hydrogen-bond acceptors (Lipinski definition) is 4. The molecular formula is C21H25FN2O2. The maximum Gasteiger partial charge on any atom is 0.153 e. The average molecular weight is 356 g/mol. The summed E-state index contributed by atoms with van der Waals surface area (Å²) >= 11 is 0. The molecule has 0 aliphatic carbocycles. The predicted octanol–water partition coefficient (Wildman–Crippen LogP) is 3.62. The molecule has 2 aromatic carbocycles. The van der Waals surface area contributed by atoms with Crippen molar-refractivity contribution in [3.8, 4) is 5.75 Å². The summed E-state index contributed by atoms with van der Waals surface area (Å²) in [5, 5.41) is 0. The largest absolute Gasteiger partial charge is 0.493 e. The van der Waals surface area contributed by atoms with E-state index in [9.17, 15) is 9.18 Å². The van der Waals surface area contributed by atoms with Crippen molar-refractivity contribution < 1.29 is 13.9 Å². The van der Waals surface area contributed by atoms with Crippen molar-refractivity contribution in [3.05, 3.63) is 59.9 Å². The first kappa shape index (κ1) is 18.4. The molecule has 0 aromatic heterocycles. The van der Waals surface area contributed by atoms with Gasteiger partial charge in [-0.1, -0.05) is 24.3 Å². The van der Waals surface area contributed by atoms with E-state index in [-0.39, 0.29) is 5.82 Å². The number of carbonyl (C=O) groups excluding carboxylic acids is 1. The highest BCUT2D eigenvalue weighted by Gasteiger charge is 2.18. The summed E-state index contributed by atoms with van der Waals surface area (Å²) in [5.74, 6) is 0.509. The number of benzene rings is 2. The van der Waals surface area contributed by atoms with Gasteiger partial charge in [-0.2, -0.15) is 0 Å². The first-order valence-corrected chi connectivity index (χ1v) is 9.17. The van der Waals surface area contributed by atoms with E-state index < -0.39 is 0 Å². The third-order valence-corrected chi connectivity index (χ3v) is 4.74. The Morgan fingerprint density at radius 1 is 0.962 bits per heavy atom. The second-order valence-corrected chi connectivity index (χ2v) is 6.49. The molecule has 3 rings (SSSR count). The molecular weight excluding hydrogens is 331 g/mol. The van der Waals surface area contributed by atoms with E-state index in [4.69, 9.17) is 4.74 Å². The lowest BCUT2D eigenvalue weighted by molar-refractivity contribution is 0.111. The number of para-hydroxylation sites is 2. The number of nitrogens with zero attached hydrogens (tertiary/aromatic N) is 2. The first-order valence-electron chi connectivity index (χ1n) is 9.17. The number of aldehydes is 1. The lowest BCUT2D eigenvalue weighted by atomic mass is 10.2. The maximum absolute atomic E-state index is 13.9. The van der Waals surface area contributed by atoms with Crippen LogP contribution in [0.5, 0.6) is 5.75 Å². The van der Waals surface area contributed by atoms with E-state index in [1.807, 2.05) is 30.3 Å². The summed E-state index contributed by atoms with van der Waals surface area (Å²) in [4.78, 5) is 15.5. The van der Waals surface area contributed by atoms with Gasteiger partial charge >= 0.3 is 0 Å². The smallest absolute Gasteiger partial charge is 0.153 e. The fourth-order valence-electron chi connectivity index (χ4n) is 3.25. The van der Waals surface area contributed by atoms with Crippen LogP contribution in [0, 0.1) is 5.82 Å². The number of hydrogen-bond donors (Lipinski definition) is 0. The van der Waals surface area contributed by atoms with E-state index in [1.54, 1.807) is 12.1 Å². The van der Waals surface area contributed by atoms with Crippen LogP contribution < -0.4 is 9.64 Å². The zero-order chi connectivity index (χ0) is 18.2. The van der Waals surface area contributed by atoms with E-state index in [1.165, 1.54) is 6.07 Å². The molecule has 0 N–H and O–H groups in total. The molecule has 0 amide bonds. The van der Waals surface area contributed by atoms with E-state index >= 15 is 0 Å². The molecule has 1 aliphatic rings. The molecule has 0 bridgehead atoms. The number of anilines is 1. The van der Waals surface area contributed by atoms with Crippen molar-refractivity contribution in [2.45, 2.75) is 12.8 Å². The van der Waals surface area contributed by atoms with Crippen LogP contribution in [0.2, 0.25) is 0 Å². The highest BCUT2D eigenvalue weighted by Crippen LogP contribution is 2.20. The zero-order valence-corrected chi connectivity index (χ0v) is 14.9. The monoisotopic (exact) mass is 356 g/mol. The Kier molecular flexibility index (Phi) is 6.61. The minimum Gasteiger partial charge on any atom is -0.493 e. The molecule has 0 atom stereocenters. The molecule has 1 saturated heterocycles. The van der Waals surface area contributed by atoms with Crippen LogP contribution in [-0.2, 0) is 0 Å². The van der Waals surface area contributed by atoms with Crippen molar-refractivity contribution >= 4 is 12.0 Å². The molecule has 26 heavy (non-hydrogen) atoms. The standard InChI is InChI=1S/C21H25FN2O2/c22-19-8-2-3-9-20(19)24-14-12-23(13-15-24)11-5-6-16-26-21-10-4-1-7-18(21)17-25/h1-4,7-10,17H,5-6,11-16H2. The van der Waals surface area contributed by atoms with Crippen LogP contribution in [0.4, 0.5) is 10.1 Å². The second-order valence-electron chi connectivity index (χ2n) is 6.49. The number of ether oxygens (including phenoxy) is 1. The van der Waals surface area contributed by atoms with Gasteiger partial charge in [0.1, 0.15) is 11.6 Å². The predicted molar refractivity (Wildman–Crippen MR) is 102 cm³/mol. The summed E-state index contributed by atoms with van der Waals surface area (Å²) in [6.07, 6.45) is 2.81. The van der Waals surface area contributed by atoms with Gasteiger partial charge in [0, 0.05) is 26.2 Å². The molecule has 138 valence electrons. The molecule has 4 nitrogen and oxygen atoms in total. The fourth-order valence-corrected chi connectivity index (χ4v) is 3.25. The van der Waals surface area contributed by atoms with Crippen LogP contribution >= 0.6 is 0 Å². The van der Waals surface area contributed by atoms with Crippen molar-refractivity contribution in [3.63, 3.8) is 0 Å². The van der Waals surface area contributed by atoms with Gasteiger partial charge in [0.15, 0.2) is 6.29 Å². The van der Waals surface area contributed by atoms with E-state index in [0.29, 0.717) is 23.6 Å². The molecule has 2 aromatic rings. The third kappa shape index (κ3) is 4.82. The Morgan fingerprint density at radius 3 is 2.46 bits per heavy atom. The summed E-state index contributed by atoms with van der Waals surface area (Å²) in [6.45, 7) is 5.23. The normalized spacial score (nSPS) is 15.0. The number of unbranched alkanes of at least 4 members (excludes halogenated alkanes) is 1. The van der Waals surface area contributed by atoms with Crippen LogP contribution in [0.1, 0.15) is 23.2 Å². The quantitative estimate of drug-likeness (QED) is 0.534. The van der Waals surface area contributed by atoms with E-state index in [0.717, 1.165) is 51.9 Å². The van der Waals surface area contributed by atoms with Crippen molar-refractivity contribution in [1.82, 2.24) is 4.90 Å². The highest BCUT2D eigenvalue weighted by molar-refractivity contribution is 5.79. The van der Waals surface area contributed by atoms with Gasteiger partial charge in [0.2, 0.25) is 0 Å². The Morgan fingerprint density at radius 2 is 1.69 bits per heavy atom. The molecule has 1 fully saturated rings. The van der Waals surface area contributed by atoms with Crippen LogP contribution in [-0.4, -0.2) is 50.5 Å². The number of halogens is 1. The van der Waals surface area contributed by atoms with Gasteiger partial charge in [-0.15, -0.1) is 0 Å². The van der Waals surface area contributed by atoms with Crippen molar-refractivity contribution in [2.75, 3.05) is 44.2 Å². The first-order chi connectivity index (χ1) is 12.8. The Balaban J connectivity index is 1.34. The number of carbonyl (C=O) groups is 1. The van der Waals surface area contributed by atoms with Gasteiger partial charge in [-0.25, -0.2) is 4.39 Å². The molecule has 1 heterocycles. The van der Waals surface area contributed by atoms with Gasteiger partial charge in [-0.05, 0) is 43.7 Å². The zero-order valence-electron chi connectivity index (χ0n) is 14.9. The third-order valence-electron chi connectivity index (χ3n) is 4.74. The lowest BCUT2D eigenvalue weighted by Crippen LogP contribution is -2.46. The molecule has 0 saturated carbocycles. The van der Waals surface area contributed by atoms with Crippen molar-refractivity contribution in [2.24, 2.45) is 0 Å². The molecule has 0 radical (unpaired) electrons. The number of rotatable bonds is 8. The molecule has 1 aliphatic heterocycles. The summed E-state index contributed by atoms with van der Waals surface area (Å²) < 4.78 is 19.6. The lowest BCUT2D eigenvalue weighted by Gasteiger charge is -2.36. The van der Waals surface area contributed by atoms with E-state index in [2.05, 4.69) is 9.80 Å². The Bertz CT molecular complexity index is 715. The Labute approximate surface area is 154 Å². The van der Waals surface area contributed by atoms with Gasteiger partial charge in [0.05, 0.1) is 17.9 Å². The summed E-state index contributed by atoms with van der Waals surface area (Å²) in [6, 6.07) is 14.3. The van der Waals surface area contributed by atoms with Gasteiger partial charge in [0.25, 0.3) is 0 Å². The second kappa shape index (κ2) is 9.34. The molecule has 0 unspecified atom stereocenters. The summed E-state index contributed by atoms with van der Waals surface area (Å²) in [7, 11) is 0. The van der Waals surface area contributed by atoms with Crippen LogP contribution in [0.3, 0.4) is 0 Å². The topological polar surface area (TPSA) is 32.8 Å². The van der Waals surface area contributed by atoms with Crippen molar-refractivity contribution in [1.29, 1.82) is 0 Å². The number of piperazine rings is 1. The van der Waals surface area contributed by atoms with Crippen LogP contribution in [0.25, 0.3) is 0 Å². The highest BCUT2D eigenvalue weighted by atomic mass is 19.1. The minimum absolute atomic E-state index is 0.145. The molecule has 0 spiro atoms. The SMILES string of the molecule is O=Cc1ccccc1OCCCCN1CCN(c2ccccc2F)CC1. The molecule has 5 heteroatoms.